The molecule has 21 heavy (non-hydrogen) atoms. The first kappa shape index (κ1) is 15.8. The summed E-state index contributed by atoms with van der Waals surface area (Å²) in [5.74, 6) is 0.791. The van der Waals surface area contributed by atoms with Crippen molar-refractivity contribution < 1.29 is 4.74 Å². The van der Waals surface area contributed by atoms with Gasteiger partial charge in [-0.3, -0.25) is 4.98 Å². The molecule has 0 fully saturated rings. The van der Waals surface area contributed by atoms with E-state index in [1.165, 1.54) is 0 Å². The van der Waals surface area contributed by atoms with Crippen molar-refractivity contribution >= 4 is 11.6 Å². The van der Waals surface area contributed by atoms with Gasteiger partial charge in [0.1, 0.15) is 11.9 Å². The van der Waals surface area contributed by atoms with Gasteiger partial charge in [0.25, 0.3) is 0 Å². The molecule has 2 rings (SSSR count). The van der Waals surface area contributed by atoms with Gasteiger partial charge in [-0.2, -0.15) is 0 Å². The number of nitrogens with one attached hydrogen (secondary N) is 1. The minimum absolute atomic E-state index is 0.0189. The SMILES string of the molecule is CCNC(Cc1ccccn1)C(C)Oc1cccc(Cl)c1. The molecule has 2 atom stereocenters. The highest BCUT2D eigenvalue weighted by Crippen LogP contribution is 2.19. The minimum atomic E-state index is 0.0189. The molecule has 0 saturated carbocycles. The third-order valence-corrected chi connectivity index (χ3v) is 3.54. The van der Waals surface area contributed by atoms with Crippen molar-refractivity contribution in [1.82, 2.24) is 10.3 Å². The maximum atomic E-state index is 6.01. The van der Waals surface area contributed by atoms with Crippen LogP contribution in [0.4, 0.5) is 0 Å². The summed E-state index contributed by atoms with van der Waals surface area (Å²) in [6.45, 7) is 5.05. The van der Waals surface area contributed by atoms with E-state index < -0.39 is 0 Å². The molecule has 2 aromatic rings. The summed E-state index contributed by atoms with van der Waals surface area (Å²) in [4.78, 5) is 4.39. The Hall–Kier alpha value is -1.58. The van der Waals surface area contributed by atoms with E-state index in [4.69, 9.17) is 16.3 Å². The number of likely N-dealkylation sites (N-methyl/N-ethyl adjacent to an activating group) is 1. The summed E-state index contributed by atoms with van der Waals surface area (Å²) in [5, 5.41) is 4.15. The Kier molecular flexibility index (Phi) is 6.03. The lowest BCUT2D eigenvalue weighted by molar-refractivity contribution is 0.170. The van der Waals surface area contributed by atoms with Gasteiger partial charge < -0.3 is 10.1 Å². The molecule has 0 radical (unpaired) electrons. The zero-order chi connectivity index (χ0) is 15.1. The molecule has 3 nitrogen and oxygen atoms in total. The van der Waals surface area contributed by atoms with E-state index in [9.17, 15) is 0 Å². The number of pyridine rings is 1. The standard InChI is InChI=1S/C17H21ClN2O/c1-3-19-17(12-15-8-4-5-10-20-15)13(2)21-16-9-6-7-14(18)11-16/h4-11,13,17,19H,3,12H2,1-2H3. The fraction of sp³-hybridized carbons (Fsp3) is 0.353. The number of nitrogens with zero attached hydrogens (tertiary/aromatic N) is 1. The number of benzene rings is 1. The number of rotatable bonds is 7. The summed E-state index contributed by atoms with van der Waals surface area (Å²) in [7, 11) is 0. The molecule has 112 valence electrons. The Labute approximate surface area is 131 Å². The number of hydrogen-bond donors (Lipinski definition) is 1. The second-order valence-electron chi connectivity index (χ2n) is 4.97. The quantitative estimate of drug-likeness (QED) is 0.846. The van der Waals surface area contributed by atoms with Crippen molar-refractivity contribution in [3.8, 4) is 5.75 Å². The average molecular weight is 305 g/mol. The first-order valence-electron chi connectivity index (χ1n) is 7.24. The first-order valence-corrected chi connectivity index (χ1v) is 7.62. The summed E-state index contributed by atoms with van der Waals surface area (Å²) in [6, 6.07) is 13.7. The highest BCUT2D eigenvalue weighted by atomic mass is 35.5. The average Bonchev–Trinajstić information content (AvgIpc) is 2.48. The van der Waals surface area contributed by atoms with Gasteiger partial charge in [0, 0.05) is 29.4 Å². The molecule has 0 bridgehead atoms. The molecule has 0 spiro atoms. The van der Waals surface area contributed by atoms with E-state index in [0.29, 0.717) is 5.02 Å². The van der Waals surface area contributed by atoms with Crippen LogP contribution in [0.1, 0.15) is 19.5 Å². The van der Waals surface area contributed by atoms with E-state index in [1.807, 2.05) is 48.7 Å². The van der Waals surface area contributed by atoms with Crippen molar-refractivity contribution in [3.63, 3.8) is 0 Å². The predicted molar refractivity (Wildman–Crippen MR) is 86.9 cm³/mol. The number of halogens is 1. The largest absolute Gasteiger partial charge is 0.489 e. The Morgan fingerprint density at radius 2 is 2.10 bits per heavy atom. The number of ether oxygens (including phenoxy) is 1. The molecular formula is C17H21ClN2O. The highest BCUT2D eigenvalue weighted by Gasteiger charge is 2.19. The van der Waals surface area contributed by atoms with Gasteiger partial charge >= 0.3 is 0 Å². The maximum absolute atomic E-state index is 6.01. The molecule has 0 saturated heterocycles. The third kappa shape index (κ3) is 5.03. The van der Waals surface area contributed by atoms with Crippen molar-refractivity contribution in [2.75, 3.05) is 6.54 Å². The zero-order valence-electron chi connectivity index (χ0n) is 12.4. The lowest BCUT2D eigenvalue weighted by Gasteiger charge is -2.25. The molecular weight excluding hydrogens is 284 g/mol. The van der Waals surface area contributed by atoms with Crippen LogP contribution >= 0.6 is 11.6 Å². The van der Waals surface area contributed by atoms with E-state index >= 15 is 0 Å². The molecule has 0 aliphatic rings. The third-order valence-electron chi connectivity index (χ3n) is 3.31. The highest BCUT2D eigenvalue weighted by molar-refractivity contribution is 6.30. The zero-order valence-corrected chi connectivity index (χ0v) is 13.2. The van der Waals surface area contributed by atoms with Gasteiger partial charge in [-0.1, -0.05) is 30.7 Å². The maximum Gasteiger partial charge on any atom is 0.121 e. The van der Waals surface area contributed by atoms with Crippen LogP contribution in [0.5, 0.6) is 5.75 Å². The van der Waals surface area contributed by atoms with Crippen LogP contribution in [-0.4, -0.2) is 23.7 Å². The Bertz CT molecular complexity index is 547. The van der Waals surface area contributed by atoms with Crippen LogP contribution in [-0.2, 0) is 6.42 Å². The second kappa shape index (κ2) is 8.01. The van der Waals surface area contributed by atoms with Crippen LogP contribution in [0.3, 0.4) is 0 Å². The molecule has 1 heterocycles. The molecule has 1 aromatic heterocycles. The minimum Gasteiger partial charge on any atom is -0.489 e. The van der Waals surface area contributed by atoms with Crippen molar-refractivity contribution in [3.05, 3.63) is 59.4 Å². The fourth-order valence-electron chi connectivity index (χ4n) is 2.25. The van der Waals surface area contributed by atoms with Gasteiger partial charge in [0.05, 0.1) is 0 Å². The van der Waals surface area contributed by atoms with Gasteiger partial charge in [-0.25, -0.2) is 0 Å². The van der Waals surface area contributed by atoms with Gasteiger partial charge in [0.2, 0.25) is 0 Å². The topological polar surface area (TPSA) is 34.2 Å². The first-order chi connectivity index (χ1) is 10.2. The molecule has 4 heteroatoms. The van der Waals surface area contributed by atoms with Crippen molar-refractivity contribution in [2.24, 2.45) is 0 Å². The second-order valence-corrected chi connectivity index (χ2v) is 5.41. The molecule has 0 aliphatic carbocycles. The predicted octanol–water partition coefficient (Wildman–Crippen LogP) is 3.72. The number of hydrogen-bond acceptors (Lipinski definition) is 3. The van der Waals surface area contributed by atoms with Gasteiger partial charge in [-0.05, 0) is 43.8 Å². The van der Waals surface area contributed by atoms with E-state index in [2.05, 4.69) is 24.1 Å². The fourth-order valence-corrected chi connectivity index (χ4v) is 2.43. The molecule has 1 aromatic carbocycles. The van der Waals surface area contributed by atoms with Crippen LogP contribution < -0.4 is 10.1 Å². The van der Waals surface area contributed by atoms with Crippen LogP contribution in [0, 0.1) is 0 Å². The molecule has 2 unspecified atom stereocenters. The Balaban J connectivity index is 2.03. The Morgan fingerprint density at radius 1 is 1.24 bits per heavy atom. The monoisotopic (exact) mass is 304 g/mol. The van der Waals surface area contributed by atoms with Crippen LogP contribution in [0.25, 0.3) is 0 Å². The van der Waals surface area contributed by atoms with E-state index in [0.717, 1.165) is 24.4 Å². The van der Waals surface area contributed by atoms with Crippen molar-refractivity contribution in [2.45, 2.75) is 32.4 Å². The summed E-state index contributed by atoms with van der Waals surface area (Å²) in [6.07, 6.45) is 2.67. The Morgan fingerprint density at radius 3 is 2.76 bits per heavy atom. The number of aromatic nitrogens is 1. The van der Waals surface area contributed by atoms with Crippen LogP contribution in [0.2, 0.25) is 5.02 Å². The normalized spacial score (nSPS) is 13.7. The van der Waals surface area contributed by atoms with Gasteiger partial charge in [0.15, 0.2) is 0 Å². The summed E-state index contributed by atoms with van der Waals surface area (Å²) in [5.41, 5.74) is 1.06. The summed E-state index contributed by atoms with van der Waals surface area (Å²) >= 11 is 5.99. The molecule has 0 amide bonds. The van der Waals surface area contributed by atoms with E-state index in [1.54, 1.807) is 0 Å². The van der Waals surface area contributed by atoms with E-state index in [-0.39, 0.29) is 12.1 Å². The van der Waals surface area contributed by atoms with Crippen molar-refractivity contribution in [1.29, 1.82) is 0 Å². The molecule has 0 aliphatic heterocycles. The lowest BCUT2D eigenvalue weighted by Crippen LogP contribution is -2.43. The van der Waals surface area contributed by atoms with Crippen LogP contribution in [0.15, 0.2) is 48.7 Å². The lowest BCUT2D eigenvalue weighted by atomic mass is 10.1. The molecule has 1 N–H and O–H groups in total. The smallest absolute Gasteiger partial charge is 0.121 e. The summed E-state index contributed by atoms with van der Waals surface area (Å²) < 4.78 is 6.01. The van der Waals surface area contributed by atoms with Gasteiger partial charge in [-0.15, -0.1) is 0 Å².